The summed E-state index contributed by atoms with van der Waals surface area (Å²) in [6.45, 7) is 6.83. The van der Waals surface area contributed by atoms with Crippen LogP contribution in [-0.4, -0.2) is 33.8 Å². The van der Waals surface area contributed by atoms with Gasteiger partial charge in [-0.05, 0) is 24.7 Å². The molecule has 0 aromatic heterocycles. The molecule has 0 atom stereocenters. The van der Waals surface area contributed by atoms with E-state index in [0.717, 1.165) is 25.2 Å². The normalized spacial score (nSPS) is 11.6. The highest BCUT2D eigenvalue weighted by Gasteiger charge is 2.21. The third-order valence-corrected chi connectivity index (χ3v) is 3.05. The zero-order valence-corrected chi connectivity index (χ0v) is 11.6. The SMILES string of the molecule is CNCCNCC(C)(C)c1ccc(OC)c(F)c1. The predicted molar refractivity (Wildman–Crippen MR) is 72.8 cm³/mol. The summed E-state index contributed by atoms with van der Waals surface area (Å²) in [6.07, 6.45) is 0. The minimum atomic E-state index is -0.307. The molecule has 0 saturated carbocycles. The molecule has 0 spiro atoms. The van der Waals surface area contributed by atoms with Gasteiger partial charge in [0.2, 0.25) is 0 Å². The van der Waals surface area contributed by atoms with Crippen molar-refractivity contribution in [3.8, 4) is 5.75 Å². The standard InChI is InChI=1S/C14H23FN2O/c1-14(2,10-17-8-7-16-3)11-5-6-13(18-4)12(15)9-11/h5-6,9,16-17H,7-8,10H2,1-4H3. The monoisotopic (exact) mass is 254 g/mol. The minimum Gasteiger partial charge on any atom is -0.494 e. The first-order chi connectivity index (χ1) is 8.51. The fraction of sp³-hybridized carbons (Fsp3) is 0.571. The van der Waals surface area contributed by atoms with Crippen LogP contribution in [-0.2, 0) is 5.41 Å². The number of methoxy groups -OCH3 is 1. The van der Waals surface area contributed by atoms with Gasteiger partial charge in [-0.3, -0.25) is 0 Å². The number of benzene rings is 1. The first-order valence-electron chi connectivity index (χ1n) is 6.20. The molecule has 0 unspecified atom stereocenters. The molecule has 0 aliphatic carbocycles. The Kier molecular flexibility index (Phi) is 5.56. The third kappa shape index (κ3) is 3.96. The van der Waals surface area contributed by atoms with Crippen LogP contribution in [0.2, 0.25) is 0 Å². The van der Waals surface area contributed by atoms with Crippen molar-refractivity contribution in [1.29, 1.82) is 0 Å². The van der Waals surface area contributed by atoms with Gasteiger partial charge >= 0.3 is 0 Å². The second-order valence-electron chi connectivity index (χ2n) is 5.01. The van der Waals surface area contributed by atoms with E-state index >= 15 is 0 Å². The van der Waals surface area contributed by atoms with Crippen LogP contribution in [0.15, 0.2) is 18.2 Å². The third-order valence-electron chi connectivity index (χ3n) is 3.05. The molecule has 1 aromatic rings. The van der Waals surface area contributed by atoms with Crippen molar-refractivity contribution < 1.29 is 9.13 Å². The number of hydrogen-bond acceptors (Lipinski definition) is 3. The quantitative estimate of drug-likeness (QED) is 0.729. The van der Waals surface area contributed by atoms with Crippen LogP contribution >= 0.6 is 0 Å². The van der Waals surface area contributed by atoms with Crippen LogP contribution in [0.25, 0.3) is 0 Å². The highest BCUT2D eigenvalue weighted by molar-refractivity contribution is 5.33. The summed E-state index contributed by atoms with van der Waals surface area (Å²) < 4.78 is 18.6. The van der Waals surface area contributed by atoms with E-state index in [4.69, 9.17) is 4.74 Å². The van der Waals surface area contributed by atoms with Crippen molar-refractivity contribution in [3.63, 3.8) is 0 Å². The molecule has 0 aliphatic rings. The summed E-state index contributed by atoms with van der Waals surface area (Å²) in [5.74, 6) is -0.0176. The van der Waals surface area contributed by atoms with E-state index < -0.39 is 0 Å². The van der Waals surface area contributed by atoms with Crippen LogP contribution in [0.4, 0.5) is 4.39 Å². The molecule has 0 aliphatic heterocycles. The van der Waals surface area contributed by atoms with Crippen molar-refractivity contribution in [2.45, 2.75) is 19.3 Å². The van der Waals surface area contributed by atoms with E-state index in [1.54, 1.807) is 12.1 Å². The maximum Gasteiger partial charge on any atom is 0.165 e. The lowest BCUT2D eigenvalue weighted by Gasteiger charge is -2.26. The fourth-order valence-corrected chi connectivity index (χ4v) is 1.80. The summed E-state index contributed by atoms with van der Waals surface area (Å²) in [5, 5.41) is 6.44. The number of likely N-dealkylation sites (N-methyl/N-ethyl adjacent to an activating group) is 1. The zero-order valence-electron chi connectivity index (χ0n) is 11.6. The molecule has 0 amide bonds. The predicted octanol–water partition coefficient (Wildman–Crippen LogP) is 1.92. The molecule has 4 heteroatoms. The topological polar surface area (TPSA) is 33.3 Å². The Labute approximate surface area is 109 Å². The molecule has 3 nitrogen and oxygen atoms in total. The lowest BCUT2D eigenvalue weighted by atomic mass is 9.84. The second-order valence-corrected chi connectivity index (χ2v) is 5.01. The Morgan fingerprint density at radius 1 is 1.28 bits per heavy atom. The highest BCUT2D eigenvalue weighted by Crippen LogP contribution is 2.26. The average molecular weight is 254 g/mol. The van der Waals surface area contributed by atoms with Crippen molar-refractivity contribution in [2.24, 2.45) is 0 Å². The smallest absolute Gasteiger partial charge is 0.165 e. The molecule has 1 rings (SSSR count). The number of rotatable bonds is 7. The summed E-state index contributed by atoms with van der Waals surface area (Å²) in [5.41, 5.74) is 0.860. The van der Waals surface area contributed by atoms with E-state index in [1.165, 1.54) is 7.11 Å². The number of halogens is 1. The summed E-state index contributed by atoms with van der Waals surface area (Å²) in [6, 6.07) is 5.15. The van der Waals surface area contributed by atoms with Gasteiger partial charge in [0.05, 0.1) is 7.11 Å². The molecule has 1 aromatic carbocycles. The Bertz CT molecular complexity index is 380. The molecule has 18 heavy (non-hydrogen) atoms. The maximum absolute atomic E-state index is 13.7. The first-order valence-corrected chi connectivity index (χ1v) is 6.20. The Balaban J connectivity index is 2.69. The average Bonchev–Trinajstić information content (AvgIpc) is 2.34. The van der Waals surface area contributed by atoms with Gasteiger partial charge in [-0.2, -0.15) is 0 Å². The molecule has 102 valence electrons. The summed E-state index contributed by atoms with van der Waals surface area (Å²) >= 11 is 0. The molecule has 0 bridgehead atoms. The molecular weight excluding hydrogens is 231 g/mol. The Morgan fingerprint density at radius 3 is 2.56 bits per heavy atom. The van der Waals surface area contributed by atoms with Crippen LogP contribution in [0, 0.1) is 5.82 Å². The molecule has 0 fully saturated rings. The second kappa shape index (κ2) is 6.71. The van der Waals surface area contributed by atoms with Crippen LogP contribution < -0.4 is 15.4 Å². The van der Waals surface area contributed by atoms with Gasteiger partial charge in [0.15, 0.2) is 11.6 Å². The van der Waals surface area contributed by atoms with Gasteiger partial charge in [0.1, 0.15) is 0 Å². The van der Waals surface area contributed by atoms with E-state index in [1.807, 2.05) is 13.1 Å². The van der Waals surface area contributed by atoms with Gasteiger partial charge < -0.3 is 15.4 Å². The fourth-order valence-electron chi connectivity index (χ4n) is 1.80. The van der Waals surface area contributed by atoms with Gasteiger partial charge in [0, 0.05) is 25.0 Å². The largest absolute Gasteiger partial charge is 0.494 e. The van der Waals surface area contributed by atoms with Gasteiger partial charge in [-0.1, -0.05) is 19.9 Å². The van der Waals surface area contributed by atoms with Crippen molar-refractivity contribution in [2.75, 3.05) is 33.8 Å². The van der Waals surface area contributed by atoms with Crippen LogP contribution in [0.3, 0.4) is 0 Å². The number of hydrogen-bond donors (Lipinski definition) is 2. The number of ether oxygens (including phenoxy) is 1. The Morgan fingerprint density at radius 2 is 2.00 bits per heavy atom. The molecule has 0 saturated heterocycles. The van der Waals surface area contributed by atoms with Crippen molar-refractivity contribution in [3.05, 3.63) is 29.6 Å². The maximum atomic E-state index is 13.7. The Hall–Kier alpha value is -1.13. The zero-order chi connectivity index (χ0) is 13.6. The lowest BCUT2D eigenvalue weighted by Crippen LogP contribution is -2.36. The van der Waals surface area contributed by atoms with Crippen molar-refractivity contribution >= 4 is 0 Å². The lowest BCUT2D eigenvalue weighted by molar-refractivity contribution is 0.384. The van der Waals surface area contributed by atoms with E-state index in [9.17, 15) is 4.39 Å². The minimum absolute atomic E-state index is 0.110. The van der Waals surface area contributed by atoms with Gasteiger partial charge in [-0.25, -0.2) is 4.39 Å². The van der Waals surface area contributed by atoms with Gasteiger partial charge in [0.25, 0.3) is 0 Å². The number of nitrogens with one attached hydrogen (secondary N) is 2. The molecule has 0 heterocycles. The first kappa shape index (κ1) is 14.9. The molecule has 2 N–H and O–H groups in total. The van der Waals surface area contributed by atoms with Crippen LogP contribution in [0.1, 0.15) is 19.4 Å². The van der Waals surface area contributed by atoms with E-state index in [2.05, 4.69) is 24.5 Å². The van der Waals surface area contributed by atoms with Gasteiger partial charge in [-0.15, -0.1) is 0 Å². The highest BCUT2D eigenvalue weighted by atomic mass is 19.1. The van der Waals surface area contributed by atoms with E-state index in [0.29, 0.717) is 0 Å². The van der Waals surface area contributed by atoms with Crippen LogP contribution in [0.5, 0.6) is 5.75 Å². The summed E-state index contributed by atoms with van der Waals surface area (Å²) in [4.78, 5) is 0. The van der Waals surface area contributed by atoms with Crippen molar-refractivity contribution in [1.82, 2.24) is 10.6 Å². The van der Waals surface area contributed by atoms with E-state index in [-0.39, 0.29) is 17.0 Å². The molecule has 0 radical (unpaired) electrons. The molecular formula is C14H23FN2O. The summed E-state index contributed by atoms with van der Waals surface area (Å²) in [7, 11) is 3.40.